The Morgan fingerprint density at radius 3 is 2.49 bits per heavy atom. The molecule has 0 radical (unpaired) electrons. The summed E-state index contributed by atoms with van der Waals surface area (Å²) in [7, 11) is 0. The van der Waals surface area contributed by atoms with Gasteiger partial charge in [-0.1, -0.05) is 96.3 Å². The number of allylic oxidation sites excluding steroid dienone is 4. The van der Waals surface area contributed by atoms with Gasteiger partial charge in [0.15, 0.2) is 0 Å². The number of Topliss-reactive ketones (excluding diaryl/α,β-unsaturated/α-hetero) is 1. The zero-order valence-corrected chi connectivity index (χ0v) is 26.5. The molecule has 0 aliphatic heterocycles. The highest BCUT2D eigenvalue weighted by Gasteiger charge is 2.55. The summed E-state index contributed by atoms with van der Waals surface area (Å²) in [6.45, 7) is 13.4. The van der Waals surface area contributed by atoms with E-state index in [-0.39, 0.29) is 16.6 Å². The molecule has 230 valence electrons. The number of carbonyl (C=O) groups is 1. The second-order valence-electron chi connectivity index (χ2n) is 14.8. The van der Waals surface area contributed by atoms with E-state index in [0.29, 0.717) is 31.1 Å². The Balaban J connectivity index is 1.39. The molecule has 3 N–H and O–H groups in total. The van der Waals surface area contributed by atoms with Gasteiger partial charge in [-0.3, -0.25) is 4.79 Å². The summed E-state index contributed by atoms with van der Waals surface area (Å²) in [5.41, 5.74) is 2.80. The lowest BCUT2D eigenvalue weighted by Gasteiger charge is -2.47. The van der Waals surface area contributed by atoms with Gasteiger partial charge in [-0.05, 0) is 91.6 Å². The molecule has 4 nitrogen and oxygen atoms in total. The Bertz CT molecular complexity index is 1030. The maximum Gasteiger partial charge on any atom is 0.141 e. The standard InChI is InChI=1S/C37H58O4/c1-6-7-8-9-10-11-14-33(40)37(22-23-37)34(41)19-21-35(3,4)32-18-17-30-27(13-12-20-36(30,32)5)15-16-28-24-29(38)25-31(39)26(28)2/h15-16,19,21,29-32,34,38-39,41H,2,6-14,17-18,20,22-25H2,1,3-5H3/t29-,30+,31+,32-,34-,36+/m1/s1. The van der Waals surface area contributed by atoms with Crippen molar-refractivity contribution >= 4 is 5.78 Å². The predicted molar refractivity (Wildman–Crippen MR) is 168 cm³/mol. The minimum atomic E-state index is -0.679. The van der Waals surface area contributed by atoms with Crippen molar-refractivity contribution in [1.29, 1.82) is 0 Å². The number of hydrogen-bond acceptors (Lipinski definition) is 4. The lowest BCUT2D eigenvalue weighted by atomic mass is 9.57. The summed E-state index contributed by atoms with van der Waals surface area (Å²) >= 11 is 0. The van der Waals surface area contributed by atoms with E-state index in [4.69, 9.17) is 0 Å². The third-order valence-corrected chi connectivity index (χ3v) is 11.5. The average molecular weight is 567 g/mol. The lowest BCUT2D eigenvalue weighted by Crippen LogP contribution is -2.39. The fourth-order valence-electron chi connectivity index (χ4n) is 8.76. The summed E-state index contributed by atoms with van der Waals surface area (Å²) in [6, 6.07) is 0. The zero-order chi connectivity index (χ0) is 29.8. The van der Waals surface area contributed by atoms with Crippen molar-refractivity contribution in [1.82, 2.24) is 0 Å². The summed E-state index contributed by atoms with van der Waals surface area (Å²) in [4.78, 5) is 13.1. The quantitative estimate of drug-likeness (QED) is 0.155. The summed E-state index contributed by atoms with van der Waals surface area (Å²) in [5, 5.41) is 31.6. The van der Waals surface area contributed by atoms with Gasteiger partial charge < -0.3 is 15.3 Å². The van der Waals surface area contributed by atoms with Crippen LogP contribution in [0.2, 0.25) is 0 Å². The van der Waals surface area contributed by atoms with E-state index in [1.807, 2.05) is 6.08 Å². The van der Waals surface area contributed by atoms with Crippen molar-refractivity contribution in [3.05, 3.63) is 47.6 Å². The van der Waals surface area contributed by atoms with Crippen molar-refractivity contribution in [3.8, 4) is 0 Å². The zero-order valence-electron chi connectivity index (χ0n) is 26.5. The molecule has 4 rings (SSSR count). The first-order chi connectivity index (χ1) is 19.4. The highest BCUT2D eigenvalue weighted by Crippen LogP contribution is 2.62. The van der Waals surface area contributed by atoms with Gasteiger partial charge in [-0.2, -0.15) is 0 Å². The van der Waals surface area contributed by atoms with E-state index in [1.54, 1.807) is 0 Å². The van der Waals surface area contributed by atoms with Crippen LogP contribution >= 0.6 is 0 Å². The Morgan fingerprint density at radius 2 is 1.78 bits per heavy atom. The van der Waals surface area contributed by atoms with E-state index in [2.05, 4.69) is 52.5 Å². The van der Waals surface area contributed by atoms with E-state index < -0.39 is 23.7 Å². The van der Waals surface area contributed by atoms with Gasteiger partial charge in [0.05, 0.1) is 23.7 Å². The molecule has 0 aromatic heterocycles. The third kappa shape index (κ3) is 7.19. The van der Waals surface area contributed by atoms with Gasteiger partial charge in [0, 0.05) is 12.8 Å². The Kier molecular flexibility index (Phi) is 10.6. The maximum atomic E-state index is 13.1. The van der Waals surface area contributed by atoms with Gasteiger partial charge in [-0.25, -0.2) is 0 Å². The van der Waals surface area contributed by atoms with Gasteiger partial charge in [0.2, 0.25) is 0 Å². The molecule has 4 aliphatic carbocycles. The van der Waals surface area contributed by atoms with Crippen LogP contribution in [0.15, 0.2) is 47.6 Å². The molecule has 0 unspecified atom stereocenters. The number of aliphatic hydroxyl groups is 3. The molecule has 0 amide bonds. The smallest absolute Gasteiger partial charge is 0.141 e. The molecule has 4 heteroatoms. The summed E-state index contributed by atoms with van der Waals surface area (Å²) in [5.74, 6) is 1.30. The molecule has 4 fully saturated rings. The van der Waals surface area contributed by atoms with Gasteiger partial charge >= 0.3 is 0 Å². The van der Waals surface area contributed by atoms with Crippen LogP contribution in [0.5, 0.6) is 0 Å². The molecular weight excluding hydrogens is 508 g/mol. The molecule has 0 bridgehead atoms. The first kappa shape index (κ1) is 32.4. The summed E-state index contributed by atoms with van der Waals surface area (Å²) in [6.07, 6.45) is 22.8. The number of rotatable bonds is 13. The van der Waals surface area contributed by atoms with Crippen LogP contribution < -0.4 is 0 Å². The van der Waals surface area contributed by atoms with Crippen LogP contribution in [0.1, 0.15) is 130 Å². The predicted octanol–water partition coefficient (Wildman–Crippen LogP) is 8.17. The molecule has 4 saturated carbocycles. The molecule has 0 heterocycles. The molecule has 0 spiro atoms. The minimum absolute atomic E-state index is 0.0737. The molecule has 0 aromatic carbocycles. The fourth-order valence-corrected chi connectivity index (χ4v) is 8.76. The highest BCUT2D eigenvalue weighted by molar-refractivity contribution is 5.88. The van der Waals surface area contributed by atoms with E-state index >= 15 is 0 Å². The SMILES string of the molecule is C=C1C(=CC=C2CCC[C@]3(C)[C@@H](C(C)(C)C=C[C@@H](O)C4(C(=O)CCCCCCCC)CC4)CC[C@@H]23)C[C@@H](O)C[C@@H]1O. The normalized spacial score (nSPS) is 34.4. The van der Waals surface area contributed by atoms with Crippen LogP contribution in [0, 0.1) is 28.1 Å². The number of ketones is 1. The Hall–Kier alpha value is -1.49. The van der Waals surface area contributed by atoms with Crippen LogP contribution in [-0.2, 0) is 4.79 Å². The molecule has 41 heavy (non-hydrogen) atoms. The molecule has 6 atom stereocenters. The summed E-state index contributed by atoms with van der Waals surface area (Å²) < 4.78 is 0. The lowest BCUT2D eigenvalue weighted by molar-refractivity contribution is -0.127. The van der Waals surface area contributed by atoms with Gasteiger partial charge in [0.1, 0.15) is 5.78 Å². The Morgan fingerprint density at radius 1 is 1.07 bits per heavy atom. The molecule has 0 saturated heterocycles. The third-order valence-electron chi connectivity index (χ3n) is 11.5. The number of carbonyl (C=O) groups excluding carboxylic acids is 1. The number of hydrogen-bond donors (Lipinski definition) is 3. The van der Waals surface area contributed by atoms with E-state index in [0.717, 1.165) is 49.7 Å². The second-order valence-corrected chi connectivity index (χ2v) is 14.8. The van der Waals surface area contributed by atoms with Crippen molar-refractivity contribution in [3.63, 3.8) is 0 Å². The number of unbranched alkanes of at least 4 members (excludes halogenated alkanes) is 5. The average Bonchev–Trinajstić information content (AvgIpc) is 3.66. The van der Waals surface area contributed by atoms with Crippen molar-refractivity contribution in [2.45, 2.75) is 149 Å². The van der Waals surface area contributed by atoms with Crippen molar-refractivity contribution in [2.24, 2.45) is 28.1 Å². The van der Waals surface area contributed by atoms with Crippen LogP contribution in [0.4, 0.5) is 0 Å². The van der Waals surface area contributed by atoms with Crippen LogP contribution in [-0.4, -0.2) is 39.4 Å². The monoisotopic (exact) mass is 566 g/mol. The van der Waals surface area contributed by atoms with Crippen LogP contribution in [0.25, 0.3) is 0 Å². The Labute approximate surface area is 250 Å². The van der Waals surface area contributed by atoms with Gasteiger partial charge in [0.25, 0.3) is 0 Å². The first-order valence-electron chi connectivity index (χ1n) is 16.8. The van der Waals surface area contributed by atoms with Crippen molar-refractivity contribution in [2.75, 3.05) is 0 Å². The fraction of sp³-hybridized carbons (Fsp3) is 0.757. The van der Waals surface area contributed by atoms with Gasteiger partial charge in [-0.15, -0.1) is 0 Å². The van der Waals surface area contributed by atoms with Crippen molar-refractivity contribution < 1.29 is 20.1 Å². The molecular formula is C37H58O4. The first-order valence-corrected chi connectivity index (χ1v) is 16.8. The molecule has 0 aromatic rings. The molecule has 4 aliphatic rings. The minimum Gasteiger partial charge on any atom is -0.393 e. The van der Waals surface area contributed by atoms with Crippen LogP contribution in [0.3, 0.4) is 0 Å². The number of fused-ring (bicyclic) bond motifs is 1. The topological polar surface area (TPSA) is 77.8 Å². The second kappa shape index (κ2) is 13.4. The van der Waals surface area contributed by atoms with E-state index in [9.17, 15) is 20.1 Å². The highest BCUT2D eigenvalue weighted by atomic mass is 16.3. The number of aliphatic hydroxyl groups excluding tert-OH is 3. The largest absolute Gasteiger partial charge is 0.393 e. The maximum absolute atomic E-state index is 13.1. The van der Waals surface area contributed by atoms with E-state index in [1.165, 1.54) is 50.5 Å².